The van der Waals surface area contributed by atoms with Gasteiger partial charge in [-0.2, -0.15) is 4.98 Å². The summed E-state index contributed by atoms with van der Waals surface area (Å²) in [4.78, 5) is 6.70. The van der Waals surface area contributed by atoms with Crippen LogP contribution >= 0.6 is 0 Å². The van der Waals surface area contributed by atoms with Gasteiger partial charge in [-0.25, -0.2) is 13.1 Å². The molecule has 2 heterocycles. The summed E-state index contributed by atoms with van der Waals surface area (Å²) >= 11 is 0. The van der Waals surface area contributed by atoms with Crippen LogP contribution in [0.25, 0.3) is 0 Å². The summed E-state index contributed by atoms with van der Waals surface area (Å²) in [6, 6.07) is 6.38. The molecular weight excluding hydrogens is 356 g/mol. The first-order valence-electron chi connectivity index (χ1n) is 8.61. The largest absolute Gasteiger partial charge is 0.497 e. The van der Waals surface area contributed by atoms with Crippen molar-refractivity contribution < 1.29 is 17.7 Å². The highest BCUT2D eigenvalue weighted by Crippen LogP contribution is 2.19. The van der Waals surface area contributed by atoms with Gasteiger partial charge >= 0.3 is 0 Å². The van der Waals surface area contributed by atoms with Crippen LogP contribution in [0.2, 0.25) is 0 Å². The Kier molecular flexibility index (Phi) is 5.90. The molecule has 26 heavy (non-hydrogen) atoms. The van der Waals surface area contributed by atoms with Gasteiger partial charge in [0.1, 0.15) is 5.75 Å². The zero-order valence-corrected chi connectivity index (χ0v) is 15.8. The zero-order valence-electron chi connectivity index (χ0n) is 15.0. The molecule has 0 saturated carbocycles. The van der Waals surface area contributed by atoms with Crippen molar-refractivity contribution in [2.75, 3.05) is 26.7 Å². The van der Waals surface area contributed by atoms with E-state index in [1.165, 1.54) is 0 Å². The molecular formula is C17H24N4O4S. The number of hydrogen-bond donors (Lipinski definition) is 1. The van der Waals surface area contributed by atoms with Crippen LogP contribution in [0.3, 0.4) is 0 Å². The lowest BCUT2D eigenvalue weighted by atomic mass is 9.98. The van der Waals surface area contributed by atoms with Gasteiger partial charge in [-0.05, 0) is 56.5 Å². The molecule has 1 aromatic carbocycles. The Morgan fingerprint density at radius 1 is 1.35 bits per heavy atom. The van der Waals surface area contributed by atoms with Crippen molar-refractivity contribution in [3.05, 3.63) is 36.0 Å². The second-order valence-corrected chi connectivity index (χ2v) is 8.27. The minimum absolute atomic E-state index is 0.243. The molecule has 2 aromatic rings. The van der Waals surface area contributed by atoms with Crippen LogP contribution in [-0.2, 0) is 16.6 Å². The molecule has 1 unspecified atom stereocenters. The molecule has 0 bridgehead atoms. The molecule has 142 valence electrons. The maximum Gasteiger partial charge on any atom is 0.240 e. The average molecular weight is 380 g/mol. The van der Waals surface area contributed by atoms with Gasteiger partial charge in [-0.15, -0.1) is 0 Å². The van der Waals surface area contributed by atoms with Gasteiger partial charge in [0.25, 0.3) is 0 Å². The summed E-state index contributed by atoms with van der Waals surface area (Å²) in [5.74, 6) is 2.10. The first-order chi connectivity index (χ1) is 12.5. The smallest absolute Gasteiger partial charge is 0.240 e. The minimum Gasteiger partial charge on any atom is -0.497 e. The monoisotopic (exact) mass is 380 g/mol. The van der Waals surface area contributed by atoms with E-state index in [2.05, 4.69) is 19.8 Å². The molecule has 0 aliphatic carbocycles. The zero-order chi connectivity index (χ0) is 18.6. The molecule has 1 aliphatic rings. The second kappa shape index (κ2) is 8.15. The number of ether oxygens (including phenoxy) is 1. The van der Waals surface area contributed by atoms with Gasteiger partial charge in [0.05, 0.1) is 18.6 Å². The van der Waals surface area contributed by atoms with Crippen LogP contribution < -0.4 is 9.46 Å². The summed E-state index contributed by atoms with van der Waals surface area (Å²) in [6.07, 6.45) is 2.01. The number of benzene rings is 1. The fraction of sp³-hybridized carbons (Fsp3) is 0.529. The highest BCUT2D eigenvalue weighted by atomic mass is 32.2. The number of hydrogen-bond acceptors (Lipinski definition) is 7. The van der Waals surface area contributed by atoms with Crippen LogP contribution in [-0.4, -0.2) is 50.2 Å². The van der Waals surface area contributed by atoms with Crippen LogP contribution in [0.15, 0.2) is 33.7 Å². The fourth-order valence-corrected chi connectivity index (χ4v) is 4.24. The van der Waals surface area contributed by atoms with Gasteiger partial charge in [0.15, 0.2) is 5.82 Å². The molecule has 0 amide bonds. The predicted octanol–water partition coefficient (Wildman–Crippen LogP) is 1.58. The van der Waals surface area contributed by atoms with Crippen LogP contribution in [0, 0.1) is 12.8 Å². The Labute approximate surface area is 153 Å². The van der Waals surface area contributed by atoms with Crippen molar-refractivity contribution in [1.29, 1.82) is 0 Å². The Bertz CT molecular complexity index is 820. The first-order valence-corrected chi connectivity index (χ1v) is 10.1. The molecule has 1 atom stereocenters. The molecule has 1 aliphatic heterocycles. The van der Waals surface area contributed by atoms with E-state index in [-0.39, 0.29) is 10.8 Å². The number of piperidine rings is 1. The number of nitrogens with one attached hydrogen (secondary N) is 1. The number of rotatable bonds is 7. The number of methoxy groups -OCH3 is 1. The summed E-state index contributed by atoms with van der Waals surface area (Å²) in [7, 11) is -1.97. The van der Waals surface area contributed by atoms with Crippen molar-refractivity contribution in [2.24, 2.45) is 5.92 Å². The topological polar surface area (TPSA) is 97.6 Å². The number of aryl methyl sites for hydroxylation is 1. The van der Waals surface area contributed by atoms with E-state index in [1.54, 1.807) is 38.3 Å². The summed E-state index contributed by atoms with van der Waals surface area (Å²) in [6.45, 7) is 4.55. The van der Waals surface area contributed by atoms with E-state index in [0.717, 1.165) is 25.9 Å². The van der Waals surface area contributed by atoms with Crippen LogP contribution in [0.5, 0.6) is 5.75 Å². The van der Waals surface area contributed by atoms with Crippen molar-refractivity contribution in [3.8, 4) is 5.75 Å². The molecule has 0 spiro atoms. The minimum atomic E-state index is -3.52. The SMILES string of the molecule is COc1ccc(S(=O)(=O)NCC2CCCN(Cc3nc(C)no3)C2)cc1. The maximum absolute atomic E-state index is 12.5. The Hall–Kier alpha value is -1.97. The van der Waals surface area contributed by atoms with Crippen molar-refractivity contribution in [3.63, 3.8) is 0 Å². The van der Waals surface area contributed by atoms with E-state index in [4.69, 9.17) is 9.26 Å². The van der Waals surface area contributed by atoms with Gasteiger partial charge in [0, 0.05) is 13.1 Å². The first kappa shape index (κ1) is 18.8. The number of sulfonamides is 1. The molecule has 0 radical (unpaired) electrons. The van der Waals surface area contributed by atoms with Gasteiger partial charge < -0.3 is 9.26 Å². The highest BCUT2D eigenvalue weighted by Gasteiger charge is 2.23. The van der Waals surface area contributed by atoms with Crippen molar-refractivity contribution >= 4 is 10.0 Å². The number of likely N-dealkylation sites (tertiary alicyclic amines) is 1. The lowest BCUT2D eigenvalue weighted by molar-refractivity contribution is 0.151. The van der Waals surface area contributed by atoms with Gasteiger partial charge in [-0.1, -0.05) is 5.16 Å². The number of nitrogens with zero attached hydrogens (tertiary/aromatic N) is 3. The molecule has 1 saturated heterocycles. The van der Waals surface area contributed by atoms with Gasteiger partial charge in [-0.3, -0.25) is 4.90 Å². The quantitative estimate of drug-likeness (QED) is 0.779. The fourth-order valence-electron chi connectivity index (χ4n) is 3.12. The molecule has 1 N–H and O–H groups in total. The average Bonchev–Trinajstić information content (AvgIpc) is 3.05. The van der Waals surface area contributed by atoms with Gasteiger partial charge in [0.2, 0.25) is 15.9 Å². The maximum atomic E-state index is 12.5. The van der Waals surface area contributed by atoms with Crippen molar-refractivity contribution in [2.45, 2.75) is 31.2 Å². The Morgan fingerprint density at radius 3 is 2.77 bits per heavy atom. The van der Waals surface area contributed by atoms with E-state index >= 15 is 0 Å². The Morgan fingerprint density at radius 2 is 2.12 bits per heavy atom. The molecule has 3 rings (SSSR count). The second-order valence-electron chi connectivity index (χ2n) is 6.51. The Balaban J connectivity index is 1.54. The third-order valence-electron chi connectivity index (χ3n) is 4.46. The van der Waals surface area contributed by atoms with E-state index in [9.17, 15) is 8.42 Å². The van der Waals surface area contributed by atoms with E-state index in [1.807, 2.05) is 0 Å². The number of aromatic nitrogens is 2. The molecule has 1 aromatic heterocycles. The lowest BCUT2D eigenvalue weighted by Crippen LogP contribution is -2.40. The van der Waals surface area contributed by atoms with Crippen LogP contribution in [0.4, 0.5) is 0 Å². The third kappa shape index (κ3) is 4.80. The summed E-state index contributed by atoms with van der Waals surface area (Å²) < 4.78 is 37.9. The van der Waals surface area contributed by atoms with Crippen molar-refractivity contribution in [1.82, 2.24) is 19.8 Å². The molecule has 9 heteroatoms. The van der Waals surface area contributed by atoms with E-state index in [0.29, 0.717) is 30.6 Å². The van der Waals surface area contributed by atoms with E-state index < -0.39 is 10.0 Å². The standard InChI is InChI=1S/C17H24N4O4S/c1-13-19-17(25-20-13)12-21-9-3-4-14(11-21)10-18-26(22,23)16-7-5-15(24-2)6-8-16/h5-8,14,18H,3-4,9-12H2,1-2H3. The highest BCUT2D eigenvalue weighted by molar-refractivity contribution is 7.89. The normalized spacial score (nSPS) is 18.8. The molecule has 1 fully saturated rings. The summed E-state index contributed by atoms with van der Waals surface area (Å²) in [5, 5.41) is 3.80. The molecule has 8 nitrogen and oxygen atoms in total. The van der Waals surface area contributed by atoms with Crippen LogP contribution in [0.1, 0.15) is 24.6 Å². The lowest BCUT2D eigenvalue weighted by Gasteiger charge is -2.31. The third-order valence-corrected chi connectivity index (χ3v) is 5.90. The summed E-state index contributed by atoms with van der Waals surface area (Å²) in [5.41, 5.74) is 0. The predicted molar refractivity (Wildman–Crippen MR) is 95.2 cm³/mol.